The molecule has 0 nitrogen and oxygen atoms in total. The fourth-order valence-corrected chi connectivity index (χ4v) is 9.08. The quantitative estimate of drug-likeness (QED) is 0.301. The molecule has 9 atom stereocenters. The summed E-state index contributed by atoms with van der Waals surface area (Å²) >= 11 is 6.57. The van der Waals surface area contributed by atoms with Crippen LogP contribution in [0.1, 0.15) is 99.3 Å². The Balaban J connectivity index is 1.52. The summed E-state index contributed by atoms with van der Waals surface area (Å²) in [5.41, 5.74) is 2.73. The Morgan fingerprint density at radius 1 is 1.03 bits per heavy atom. The largest absolute Gasteiger partial charge is 0.123 e. The fourth-order valence-electron chi connectivity index (χ4n) is 8.80. The lowest BCUT2D eigenvalue weighted by molar-refractivity contribution is -0.0460. The molecule has 3 fully saturated rings. The molecule has 4 aliphatic rings. The van der Waals surface area contributed by atoms with Gasteiger partial charge in [-0.2, -0.15) is 0 Å². The van der Waals surface area contributed by atoms with Gasteiger partial charge in [0.25, 0.3) is 0 Å². The van der Waals surface area contributed by atoms with Crippen molar-refractivity contribution in [2.75, 3.05) is 0 Å². The van der Waals surface area contributed by atoms with E-state index in [0.717, 1.165) is 47.8 Å². The van der Waals surface area contributed by atoms with E-state index in [0.29, 0.717) is 16.2 Å². The molecule has 0 bridgehead atoms. The third-order valence-electron chi connectivity index (χ3n) is 10.7. The topological polar surface area (TPSA) is 0 Å². The molecule has 170 valence electrons. The summed E-state index contributed by atoms with van der Waals surface area (Å²) in [6.07, 6.45) is 20.0. The van der Waals surface area contributed by atoms with E-state index in [1.807, 2.05) is 0 Å². The molecule has 3 saturated carbocycles. The molecule has 0 aromatic rings. The number of fused-ring (bicyclic) bond motifs is 5. The predicted octanol–water partition coefficient (Wildman–Crippen LogP) is 9.05. The lowest BCUT2D eigenvalue weighted by atomic mass is 9.47. The van der Waals surface area contributed by atoms with Gasteiger partial charge >= 0.3 is 0 Å². The molecule has 0 unspecified atom stereocenters. The van der Waals surface area contributed by atoms with Crippen LogP contribution in [0.15, 0.2) is 23.8 Å². The Kier molecular flexibility index (Phi) is 6.58. The molecule has 0 radical (unpaired) electrons. The molecule has 4 aliphatic carbocycles. The van der Waals surface area contributed by atoms with E-state index >= 15 is 0 Å². The molecule has 4 rings (SSSR count). The maximum absolute atomic E-state index is 6.57. The van der Waals surface area contributed by atoms with Crippen molar-refractivity contribution in [3.05, 3.63) is 23.8 Å². The van der Waals surface area contributed by atoms with Crippen molar-refractivity contribution in [1.82, 2.24) is 0 Å². The molecular weight excluding hydrogens is 384 g/mol. The first-order chi connectivity index (χ1) is 14.2. The van der Waals surface area contributed by atoms with Crippen LogP contribution in [0, 0.1) is 52.3 Å². The van der Waals surface area contributed by atoms with Crippen LogP contribution in [0.5, 0.6) is 0 Å². The van der Waals surface area contributed by atoms with Crippen LogP contribution in [0.4, 0.5) is 0 Å². The zero-order valence-electron chi connectivity index (χ0n) is 20.6. The third kappa shape index (κ3) is 3.76. The lowest BCUT2D eigenvalue weighted by Gasteiger charge is -2.58. The van der Waals surface area contributed by atoms with Crippen molar-refractivity contribution in [2.24, 2.45) is 52.3 Å². The van der Waals surface area contributed by atoms with Crippen LogP contribution in [-0.2, 0) is 0 Å². The first kappa shape index (κ1) is 22.9. The molecule has 0 aromatic heterocycles. The standard InChI is InChI=1S/C29H47Cl/c1-7-21(19(2)3)9-8-20(4)25-12-13-26-24-11-10-22-18-23(30)14-16-28(22,5)27(24)15-17-29(25,26)6/h8-10,19-21,23-27H,7,11-18H2,1-6H3/b9-8+/t20-,21-,23+,24+,25-,26+,27+,28+,29-/m1/s1. The Morgan fingerprint density at radius 3 is 2.50 bits per heavy atom. The van der Waals surface area contributed by atoms with Crippen molar-refractivity contribution in [2.45, 2.75) is 105 Å². The van der Waals surface area contributed by atoms with E-state index in [1.54, 1.807) is 5.57 Å². The average molecular weight is 431 g/mol. The SMILES string of the molecule is CC[C@H](/C=C/[C@@H](C)[C@H]1CC[C@H]2[C@@H]3CC=C4C[C@@H](Cl)CC[C@]4(C)[C@H]3CC[C@]12C)C(C)C. The number of halogens is 1. The van der Waals surface area contributed by atoms with Crippen LogP contribution >= 0.6 is 11.6 Å². The van der Waals surface area contributed by atoms with Gasteiger partial charge in [-0.15, -0.1) is 11.6 Å². The van der Waals surface area contributed by atoms with Gasteiger partial charge in [-0.3, -0.25) is 0 Å². The highest BCUT2D eigenvalue weighted by Crippen LogP contribution is 2.67. The van der Waals surface area contributed by atoms with Crippen LogP contribution in [0.3, 0.4) is 0 Å². The van der Waals surface area contributed by atoms with Crippen molar-refractivity contribution < 1.29 is 0 Å². The van der Waals surface area contributed by atoms with Gasteiger partial charge in [-0.05, 0) is 110 Å². The molecule has 0 saturated heterocycles. The van der Waals surface area contributed by atoms with Gasteiger partial charge in [-0.25, -0.2) is 0 Å². The number of rotatable bonds is 5. The number of hydrogen-bond donors (Lipinski definition) is 0. The minimum Gasteiger partial charge on any atom is -0.123 e. The monoisotopic (exact) mass is 430 g/mol. The van der Waals surface area contributed by atoms with Gasteiger partial charge in [-0.1, -0.05) is 65.3 Å². The Hall–Kier alpha value is -0.230. The van der Waals surface area contributed by atoms with Crippen LogP contribution in [-0.4, -0.2) is 5.38 Å². The van der Waals surface area contributed by atoms with Crippen molar-refractivity contribution >= 4 is 11.6 Å². The maximum Gasteiger partial charge on any atom is 0.0373 e. The first-order valence-corrected chi connectivity index (χ1v) is 13.7. The van der Waals surface area contributed by atoms with E-state index in [-0.39, 0.29) is 0 Å². The van der Waals surface area contributed by atoms with Gasteiger partial charge in [0.1, 0.15) is 0 Å². The second kappa shape index (κ2) is 8.61. The lowest BCUT2D eigenvalue weighted by Crippen LogP contribution is -2.50. The van der Waals surface area contributed by atoms with Crippen molar-refractivity contribution in [1.29, 1.82) is 0 Å². The van der Waals surface area contributed by atoms with E-state index in [1.165, 1.54) is 51.4 Å². The molecule has 0 heterocycles. The highest BCUT2D eigenvalue weighted by Gasteiger charge is 2.58. The normalized spacial score (nSPS) is 45.6. The second-order valence-electron chi connectivity index (χ2n) is 12.4. The summed E-state index contributed by atoms with van der Waals surface area (Å²) in [6.45, 7) is 14.9. The zero-order chi connectivity index (χ0) is 21.7. The molecule has 0 amide bonds. The van der Waals surface area contributed by atoms with Gasteiger partial charge in [0.05, 0.1) is 0 Å². The van der Waals surface area contributed by atoms with E-state index in [4.69, 9.17) is 11.6 Å². The van der Waals surface area contributed by atoms with E-state index in [9.17, 15) is 0 Å². The van der Waals surface area contributed by atoms with Crippen LogP contribution < -0.4 is 0 Å². The molecule has 0 aromatic carbocycles. The minimum atomic E-state index is 0.385. The third-order valence-corrected chi connectivity index (χ3v) is 11.1. The highest BCUT2D eigenvalue weighted by molar-refractivity contribution is 6.20. The second-order valence-corrected chi connectivity index (χ2v) is 13.0. The van der Waals surface area contributed by atoms with Crippen LogP contribution in [0.2, 0.25) is 0 Å². The molecule has 30 heavy (non-hydrogen) atoms. The van der Waals surface area contributed by atoms with Crippen molar-refractivity contribution in [3.63, 3.8) is 0 Å². The summed E-state index contributed by atoms with van der Waals surface area (Å²) in [5.74, 6) is 5.87. The Bertz CT molecular complexity index is 674. The zero-order valence-corrected chi connectivity index (χ0v) is 21.3. The number of alkyl halides is 1. The van der Waals surface area contributed by atoms with Gasteiger partial charge in [0.15, 0.2) is 0 Å². The summed E-state index contributed by atoms with van der Waals surface area (Å²) in [4.78, 5) is 0. The van der Waals surface area contributed by atoms with Gasteiger partial charge in [0, 0.05) is 5.38 Å². The smallest absolute Gasteiger partial charge is 0.0373 e. The highest BCUT2D eigenvalue weighted by atomic mass is 35.5. The van der Waals surface area contributed by atoms with Crippen LogP contribution in [0.25, 0.3) is 0 Å². The predicted molar refractivity (Wildman–Crippen MR) is 132 cm³/mol. The first-order valence-electron chi connectivity index (χ1n) is 13.2. The van der Waals surface area contributed by atoms with Gasteiger partial charge < -0.3 is 0 Å². The van der Waals surface area contributed by atoms with Crippen molar-refractivity contribution in [3.8, 4) is 0 Å². The molecule has 1 heteroatoms. The Morgan fingerprint density at radius 2 is 1.80 bits per heavy atom. The molecule has 0 aliphatic heterocycles. The fraction of sp³-hybridized carbons (Fsp3) is 0.862. The summed E-state index contributed by atoms with van der Waals surface area (Å²) in [7, 11) is 0. The van der Waals surface area contributed by atoms with E-state index < -0.39 is 0 Å². The van der Waals surface area contributed by atoms with Gasteiger partial charge in [0.2, 0.25) is 0 Å². The Labute approximate surface area is 192 Å². The number of allylic oxidation sites excluding steroid dienone is 4. The summed E-state index contributed by atoms with van der Waals surface area (Å²) < 4.78 is 0. The number of hydrogen-bond acceptors (Lipinski definition) is 0. The average Bonchev–Trinajstić information content (AvgIpc) is 3.06. The molecule has 0 N–H and O–H groups in total. The molecular formula is C29H47Cl. The summed E-state index contributed by atoms with van der Waals surface area (Å²) in [6, 6.07) is 0. The van der Waals surface area contributed by atoms with E-state index in [2.05, 4.69) is 59.8 Å². The maximum atomic E-state index is 6.57. The minimum absolute atomic E-state index is 0.385. The summed E-state index contributed by atoms with van der Waals surface area (Å²) in [5, 5.41) is 0.385. The molecule has 0 spiro atoms.